The van der Waals surface area contributed by atoms with E-state index in [2.05, 4.69) is 32.9 Å². The van der Waals surface area contributed by atoms with Gasteiger partial charge in [-0.2, -0.15) is 0 Å². The van der Waals surface area contributed by atoms with Crippen molar-refractivity contribution in [1.82, 2.24) is 0 Å². The second kappa shape index (κ2) is 10.5. The van der Waals surface area contributed by atoms with Gasteiger partial charge in [0.2, 0.25) is 0 Å². The largest absolute Gasteiger partial charge is 1.00 e. The number of nitrogens with two attached hydrogens (primary N) is 1. The molecule has 1 atom stereocenters. The van der Waals surface area contributed by atoms with E-state index < -0.39 is 6.10 Å². The van der Waals surface area contributed by atoms with Gasteiger partial charge >= 0.3 is 0 Å². The van der Waals surface area contributed by atoms with Crippen LogP contribution in [0.2, 0.25) is 0 Å². The number of hydrogen-bond acceptors (Lipinski definition) is 3. The molecule has 27 heavy (non-hydrogen) atoms. The molecule has 0 aliphatic heterocycles. The maximum absolute atomic E-state index is 12.2. The zero-order chi connectivity index (χ0) is 19.2. The van der Waals surface area contributed by atoms with Gasteiger partial charge < -0.3 is 27.6 Å². The minimum absolute atomic E-state index is 0. The lowest BCUT2D eigenvalue weighted by atomic mass is 9.86. The Morgan fingerprint density at radius 1 is 1.15 bits per heavy atom. The van der Waals surface area contributed by atoms with Gasteiger partial charge in [-0.15, -0.1) is 0 Å². The minimum atomic E-state index is -0.532. The monoisotopic (exact) mass is 391 g/mol. The summed E-state index contributed by atoms with van der Waals surface area (Å²) in [6.45, 7) is 7.70. The number of aliphatic hydroxyl groups excluding tert-OH is 1. The van der Waals surface area contributed by atoms with Crippen LogP contribution < -0.4 is 22.5 Å². The number of aliphatic hydroxyl groups is 1. The molecular weight excluding hydrogens is 362 g/mol. The van der Waals surface area contributed by atoms with E-state index in [0.717, 1.165) is 5.56 Å². The fourth-order valence-corrected chi connectivity index (χ4v) is 2.79. The van der Waals surface area contributed by atoms with Crippen LogP contribution in [0, 0.1) is 0 Å². The average molecular weight is 392 g/mol. The summed E-state index contributed by atoms with van der Waals surface area (Å²) >= 11 is 0. The normalized spacial score (nSPS) is 12.2. The molecule has 0 aromatic heterocycles. The molecule has 4 nitrogen and oxygen atoms in total. The van der Waals surface area contributed by atoms with Gasteiger partial charge in [0, 0.05) is 5.56 Å². The Kier molecular flexibility index (Phi) is 8.97. The lowest BCUT2D eigenvalue weighted by Gasteiger charge is -2.19. The lowest BCUT2D eigenvalue weighted by molar-refractivity contribution is -0.660. The molecule has 0 heterocycles. The molecule has 5 heteroatoms. The molecule has 0 fully saturated rings. The summed E-state index contributed by atoms with van der Waals surface area (Å²) in [5, 5.41) is 12.3. The first kappa shape index (κ1) is 23.2. The van der Waals surface area contributed by atoms with E-state index in [1.807, 2.05) is 29.6 Å². The van der Waals surface area contributed by atoms with Crippen LogP contribution in [-0.4, -0.2) is 31.1 Å². The van der Waals surface area contributed by atoms with Crippen molar-refractivity contribution >= 4 is 5.78 Å². The summed E-state index contributed by atoms with van der Waals surface area (Å²) in [7, 11) is 1.59. The number of quaternary nitrogens is 1. The molecule has 0 radical (unpaired) electrons. The van der Waals surface area contributed by atoms with E-state index in [9.17, 15) is 9.90 Å². The first-order chi connectivity index (χ1) is 12.3. The van der Waals surface area contributed by atoms with Gasteiger partial charge in [0.15, 0.2) is 5.78 Å². The van der Waals surface area contributed by atoms with E-state index in [4.69, 9.17) is 4.74 Å². The molecule has 0 spiro atoms. The number of ether oxygens (including phenoxy) is 1. The number of halogens is 1. The Bertz CT molecular complexity index is 723. The summed E-state index contributed by atoms with van der Waals surface area (Å²) in [5.74, 6) is 0.776. The van der Waals surface area contributed by atoms with E-state index >= 15 is 0 Å². The maximum Gasteiger partial charge on any atom is 0.168 e. The van der Waals surface area contributed by atoms with Crippen LogP contribution in [0.15, 0.2) is 48.5 Å². The van der Waals surface area contributed by atoms with Crippen molar-refractivity contribution in [2.24, 2.45) is 0 Å². The third kappa shape index (κ3) is 6.98. The van der Waals surface area contributed by atoms with Crippen molar-refractivity contribution in [3.63, 3.8) is 0 Å². The molecule has 2 aromatic rings. The molecule has 0 aliphatic rings. The number of Topliss-reactive ketones (excluding diaryl/α,β-unsaturated/α-hetero) is 1. The average Bonchev–Trinajstić information content (AvgIpc) is 2.64. The molecular formula is C22H30ClNO3. The van der Waals surface area contributed by atoms with Crippen molar-refractivity contribution in [1.29, 1.82) is 0 Å². The summed E-state index contributed by atoms with van der Waals surface area (Å²) in [6, 6.07) is 15.3. The number of carbonyl (C=O) groups is 1. The molecule has 0 saturated heterocycles. The van der Waals surface area contributed by atoms with Crippen LogP contribution in [0.4, 0.5) is 0 Å². The van der Waals surface area contributed by atoms with Crippen molar-refractivity contribution in [2.75, 3.05) is 20.2 Å². The highest BCUT2D eigenvalue weighted by molar-refractivity contribution is 5.96. The number of hydrogen-bond donors (Lipinski definition) is 2. The topological polar surface area (TPSA) is 63.1 Å². The fraction of sp³-hybridized carbons (Fsp3) is 0.409. The molecule has 3 N–H and O–H groups in total. The molecule has 0 saturated carbocycles. The standard InChI is InChI=1S/C22H29NO3.ClH/c1-22(2,3)18-10-8-16(9-11-18)21(25)15-23-13-12-20(24)17-6-5-7-19(14-17)26-4;/h5-11,14,21,23,25H,12-13,15H2,1-4H3;1H. The van der Waals surface area contributed by atoms with Gasteiger partial charge in [-0.1, -0.05) is 57.2 Å². The molecule has 0 bridgehead atoms. The van der Waals surface area contributed by atoms with Gasteiger partial charge in [0.1, 0.15) is 18.4 Å². The van der Waals surface area contributed by atoms with Crippen LogP contribution in [0.5, 0.6) is 5.75 Å². The summed E-state index contributed by atoms with van der Waals surface area (Å²) in [6.07, 6.45) is -0.0982. The van der Waals surface area contributed by atoms with Crippen molar-refractivity contribution in [3.8, 4) is 5.75 Å². The highest BCUT2D eigenvalue weighted by atomic mass is 35.5. The maximum atomic E-state index is 12.2. The number of methoxy groups -OCH3 is 1. The zero-order valence-electron chi connectivity index (χ0n) is 16.5. The van der Waals surface area contributed by atoms with Gasteiger partial charge in [-0.25, -0.2) is 0 Å². The van der Waals surface area contributed by atoms with Crippen LogP contribution >= 0.6 is 0 Å². The van der Waals surface area contributed by atoms with Gasteiger partial charge in [0.25, 0.3) is 0 Å². The molecule has 2 aromatic carbocycles. The Labute approximate surface area is 168 Å². The zero-order valence-corrected chi connectivity index (χ0v) is 17.3. The van der Waals surface area contributed by atoms with E-state index in [1.54, 1.807) is 19.2 Å². The first-order valence-electron chi connectivity index (χ1n) is 9.08. The Morgan fingerprint density at radius 2 is 1.81 bits per heavy atom. The highest BCUT2D eigenvalue weighted by Gasteiger charge is 2.15. The second-order valence-corrected chi connectivity index (χ2v) is 7.61. The quantitative estimate of drug-likeness (QED) is 0.486. The predicted octanol–water partition coefficient (Wildman–Crippen LogP) is -0.133. The first-order valence-corrected chi connectivity index (χ1v) is 9.08. The van der Waals surface area contributed by atoms with Crippen molar-refractivity contribution in [2.45, 2.75) is 38.7 Å². The number of ketones is 1. The fourth-order valence-electron chi connectivity index (χ4n) is 2.79. The van der Waals surface area contributed by atoms with Crippen molar-refractivity contribution < 1.29 is 32.4 Å². The summed E-state index contributed by atoms with van der Waals surface area (Å²) < 4.78 is 5.15. The summed E-state index contributed by atoms with van der Waals surface area (Å²) in [5.41, 5.74) is 2.93. The van der Waals surface area contributed by atoms with Crippen molar-refractivity contribution in [3.05, 3.63) is 65.2 Å². The molecule has 0 aliphatic carbocycles. The van der Waals surface area contributed by atoms with Crippen LogP contribution in [0.3, 0.4) is 0 Å². The van der Waals surface area contributed by atoms with Gasteiger partial charge in [-0.05, 0) is 28.7 Å². The summed E-state index contributed by atoms with van der Waals surface area (Å²) in [4.78, 5) is 12.2. The smallest absolute Gasteiger partial charge is 0.168 e. The Morgan fingerprint density at radius 3 is 2.41 bits per heavy atom. The number of benzene rings is 2. The lowest BCUT2D eigenvalue weighted by Crippen LogP contribution is -3.00. The Hall–Kier alpha value is -1.88. The highest BCUT2D eigenvalue weighted by Crippen LogP contribution is 2.23. The van der Waals surface area contributed by atoms with E-state index in [1.165, 1.54) is 5.56 Å². The van der Waals surface area contributed by atoms with Crippen LogP contribution in [0.25, 0.3) is 0 Å². The molecule has 1 unspecified atom stereocenters. The third-order valence-electron chi connectivity index (χ3n) is 4.52. The Balaban J connectivity index is 0.00000364. The SMILES string of the molecule is COc1cccc(C(=O)CC[NH2+]CC(O)c2ccc(C(C)(C)C)cc2)c1.[Cl-]. The van der Waals surface area contributed by atoms with Crippen LogP contribution in [0.1, 0.15) is 54.8 Å². The third-order valence-corrected chi connectivity index (χ3v) is 4.52. The van der Waals surface area contributed by atoms with E-state index in [-0.39, 0.29) is 23.6 Å². The van der Waals surface area contributed by atoms with Gasteiger partial charge in [-0.3, -0.25) is 4.79 Å². The molecule has 0 amide bonds. The minimum Gasteiger partial charge on any atom is -1.00 e. The molecule has 2 rings (SSSR count). The van der Waals surface area contributed by atoms with Gasteiger partial charge in [0.05, 0.1) is 20.1 Å². The number of carbonyl (C=O) groups excluding carboxylic acids is 1. The predicted molar refractivity (Wildman–Crippen MR) is 104 cm³/mol. The van der Waals surface area contributed by atoms with E-state index in [0.29, 0.717) is 30.8 Å². The molecule has 148 valence electrons. The van der Waals surface area contributed by atoms with Crippen LogP contribution in [-0.2, 0) is 5.41 Å². The number of rotatable bonds is 8. The second-order valence-electron chi connectivity index (χ2n) is 7.61.